The van der Waals surface area contributed by atoms with Crippen LogP contribution >= 0.6 is 39.1 Å². The van der Waals surface area contributed by atoms with Gasteiger partial charge in [0.25, 0.3) is 0 Å². The average molecular weight is 406 g/mol. The number of carbonyl (C=O) groups is 1. The van der Waals surface area contributed by atoms with Crippen molar-refractivity contribution in [3.8, 4) is 0 Å². The zero-order chi connectivity index (χ0) is 16.1. The van der Waals surface area contributed by atoms with E-state index >= 15 is 0 Å². The van der Waals surface area contributed by atoms with Crippen molar-refractivity contribution >= 4 is 50.9 Å². The monoisotopic (exact) mass is 404 g/mol. The lowest BCUT2D eigenvalue weighted by molar-refractivity contribution is 0.252. The third-order valence-corrected chi connectivity index (χ3v) is 4.09. The van der Waals surface area contributed by atoms with E-state index in [0.717, 1.165) is 5.56 Å². The van der Waals surface area contributed by atoms with E-state index in [1.165, 1.54) is 12.1 Å². The Morgan fingerprint density at radius 3 is 2.59 bits per heavy atom. The number of anilines is 1. The minimum absolute atomic E-state index is 0.121. The minimum Gasteiger partial charge on any atom is -0.338 e. The third-order valence-electron chi connectivity index (χ3n) is 2.86. The maximum atomic E-state index is 13.6. The van der Waals surface area contributed by atoms with Gasteiger partial charge in [-0.1, -0.05) is 45.2 Å². The van der Waals surface area contributed by atoms with Crippen LogP contribution in [-0.4, -0.2) is 12.6 Å². The number of urea groups is 1. The fourth-order valence-corrected chi connectivity index (χ4v) is 2.43. The highest BCUT2D eigenvalue weighted by molar-refractivity contribution is 9.10. The molecular formula is C15H12BrCl2FN2O. The molecule has 3 nitrogen and oxygen atoms in total. The lowest BCUT2D eigenvalue weighted by atomic mass is 10.1. The second-order valence-electron chi connectivity index (χ2n) is 4.50. The maximum absolute atomic E-state index is 13.6. The van der Waals surface area contributed by atoms with Crippen molar-refractivity contribution in [2.75, 3.05) is 11.9 Å². The quantitative estimate of drug-likeness (QED) is 0.715. The molecule has 0 aliphatic carbocycles. The Balaban J connectivity index is 1.83. The van der Waals surface area contributed by atoms with Gasteiger partial charge in [-0.05, 0) is 42.3 Å². The van der Waals surface area contributed by atoms with Crippen molar-refractivity contribution in [3.63, 3.8) is 0 Å². The molecule has 7 heteroatoms. The number of carbonyl (C=O) groups excluding carboxylic acids is 1. The second kappa shape index (κ2) is 7.81. The Labute approximate surface area is 145 Å². The van der Waals surface area contributed by atoms with Gasteiger partial charge < -0.3 is 10.6 Å². The molecule has 0 spiro atoms. The molecule has 0 radical (unpaired) electrons. The van der Waals surface area contributed by atoms with Crippen LogP contribution in [0.4, 0.5) is 14.9 Å². The van der Waals surface area contributed by atoms with Crippen LogP contribution in [0.25, 0.3) is 0 Å². The standard InChI is InChI=1S/C15H12BrCl2FN2O/c16-10-2-4-14(13(19)8-10)21-15(22)20-6-5-9-1-3-11(17)12(18)7-9/h1-4,7-8H,5-6H2,(H2,20,21,22). The fraction of sp³-hybridized carbons (Fsp3) is 0.133. The predicted octanol–water partition coefficient (Wildman–Crippen LogP) is 5.26. The van der Waals surface area contributed by atoms with Crippen LogP contribution < -0.4 is 10.6 Å². The average Bonchev–Trinajstić information content (AvgIpc) is 2.46. The van der Waals surface area contributed by atoms with Crippen LogP contribution in [0.15, 0.2) is 40.9 Å². The van der Waals surface area contributed by atoms with Crippen LogP contribution in [-0.2, 0) is 6.42 Å². The van der Waals surface area contributed by atoms with Gasteiger partial charge in [0.05, 0.1) is 15.7 Å². The molecule has 0 bridgehead atoms. The Bertz CT molecular complexity index is 697. The largest absolute Gasteiger partial charge is 0.338 e. The number of halogens is 4. The van der Waals surface area contributed by atoms with Crippen molar-refractivity contribution < 1.29 is 9.18 Å². The molecule has 2 amide bonds. The number of nitrogens with one attached hydrogen (secondary N) is 2. The smallest absolute Gasteiger partial charge is 0.319 e. The van der Waals surface area contributed by atoms with Gasteiger partial charge in [0.2, 0.25) is 0 Å². The maximum Gasteiger partial charge on any atom is 0.319 e. The molecule has 0 aliphatic rings. The number of rotatable bonds is 4. The van der Waals surface area contributed by atoms with Gasteiger partial charge in [-0.3, -0.25) is 0 Å². The van der Waals surface area contributed by atoms with E-state index in [1.54, 1.807) is 18.2 Å². The van der Waals surface area contributed by atoms with E-state index < -0.39 is 11.8 Å². The SMILES string of the molecule is O=C(NCCc1ccc(Cl)c(Cl)c1)Nc1ccc(Br)cc1F. The summed E-state index contributed by atoms with van der Waals surface area (Å²) in [6, 6.07) is 9.23. The molecule has 2 rings (SSSR count). The molecule has 0 saturated heterocycles. The third kappa shape index (κ3) is 4.87. The molecule has 2 N–H and O–H groups in total. The van der Waals surface area contributed by atoms with E-state index in [-0.39, 0.29) is 5.69 Å². The van der Waals surface area contributed by atoms with Crippen molar-refractivity contribution in [1.82, 2.24) is 5.32 Å². The Morgan fingerprint density at radius 1 is 1.14 bits per heavy atom. The summed E-state index contributed by atoms with van der Waals surface area (Å²) >= 11 is 14.9. The number of hydrogen-bond donors (Lipinski definition) is 2. The predicted molar refractivity (Wildman–Crippen MR) is 91.3 cm³/mol. The topological polar surface area (TPSA) is 41.1 Å². The molecule has 2 aromatic carbocycles. The summed E-state index contributed by atoms with van der Waals surface area (Å²) in [4.78, 5) is 11.7. The van der Waals surface area contributed by atoms with Crippen molar-refractivity contribution in [3.05, 3.63) is 62.3 Å². The summed E-state index contributed by atoms with van der Waals surface area (Å²) in [6.45, 7) is 0.391. The lowest BCUT2D eigenvalue weighted by Gasteiger charge is -2.09. The number of benzene rings is 2. The van der Waals surface area contributed by atoms with Gasteiger partial charge >= 0.3 is 6.03 Å². The van der Waals surface area contributed by atoms with E-state index in [1.807, 2.05) is 6.07 Å². The fourth-order valence-electron chi connectivity index (χ4n) is 1.77. The molecule has 0 unspecified atom stereocenters. The first kappa shape index (κ1) is 17.1. The van der Waals surface area contributed by atoms with Gasteiger partial charge in [-0.25, -0.2) is 9.18 Å². The molecule has 0 atom stereocenters. The summed E-state index contributed by atoms with van der Waals surface area (Å²) in [7, 11) is 0. The van der Waals surface area contributed by atoms with Crippen LogP contribution in [0.3, 0.4) is 0 Å². The Kier molecular flexibility index (Phi) is 6.06. The van der Waals surface area contributed by atoms with E-state index in [9.17, 15) is 9.18 Å². The molecule has 0 fully saturated rings. The van der Waals surface area contributed by atoms with Crippen molar-refractivity contribution in [1.29, 1.82) is 0 Å². The normalized spacial score (nSPS) is 10.4. The van der Waals surface area contributed by atoms with E-state index in [2.05, 4.69) is 26.6 Å². The first-order valence-electron chi connectivity index (χ1n) is 6.39. The summed E-state index contributed by atoms with van der Waals surface area (Å²) < 4.78 is 14.2. The highest BCUT2D eigenvalue weighted by atomic mass is 79.9. The van der Waals surface area contributed by atoms with Gasteiger partial charge in [-0.2, -0.15) is 0 Å². The zero-order valence-electron chi connectivity index (χ0n) is 11.3. The first-order valence-corrected chi connectivity index (χ1v) is 7.94. The van der Waals surface area contributed by atoms with Gasteiger partial charge in [0.15, 0.2) is 0 Å². The summed E-state index contributed by atoms with van der Waals surface area (Å²) in [5, 5.41) is 6.06. The lowest BCUT2D eigenvalue weighted by Crippen LogP contribution is -2.30. The summed E-state index contributed by atoms with van der Waals surface area (Å²) in [5.41, 5.74) is 1.07. The molecule has 0 heterocycles. The van der Waals surface area contributed by atoms with Gasteiger partial charge in [0, 0.05) is 11.0 Å². The molecule has 116 valence electrons. The molecule has 0 saturated carbocycles. The van der Waals surface area contributed by atoms with Crippen molar-refractivity contribution in [2.24, 2.45) is 0 Å². The van der Waals surface area contributed by atoms with Crippen LogP contribution in [0, 0.1) is 5.82 Å². The molecule has 22 heavy (non-hydrogen) atoms. The summed E-state index contributed by atoms with van der Waals surface area (Å²) in [5.74, 6) is -0.506. The number of hydrogen-bond acceptors (Lipinski definition) is 1. The highest BCUT2D eigenvalue weighted by Gasteiger charge is 2.07. The van der Waals surface area contributed by atoms with Crippen LogP contribution in [0.2, 0.25) is 10.0 Å². The highest BCUT2D eigenvalue weighted by Crippen LogP contribution is 2.22. The van der Waals surface area contributed by atoms with Crippen LogP contribution in [0.5, 0.6) is 0 Å². The molecular weight excluding hydrogens is 394 g/mol. The second-order valence-corrected chi connectivity index (χ2v) is 6.23. The minimum atomic E-state index is -0.506. The van der Waals surface area contributed by atoms with Gasteiger partial charge in [0.1, 0.15) is 5.82 Å². The van der Waals surface area contributed by atoms with Crippen molar-refractivity contribution in [2.45, 2.75) is 6.42 Å². The Hall–Kier alpha value is -1.30. The molecule has 0 aromatic heterocycles. The zero-order valence-corrected chi connectivity index (χ0v) is 14.4. The Morgan fingerprint density at radius 2 is 1.91 bits per heavy atom. The number of amides is 2. The van der Waals surface area contributed by atoms with Crippen LogP contribution in [0.1, 0.15) is 5.56 Å². The first-order chi connectivity index (χ1) is 10.5. The van der Waals surface area contributed by atoms with E-state index in [0.29, 0.717) is 27.5 Å². The van der Waals surface area contributed by atoms with Gasteiger partial charge in [-0.15, -0.1) is 0 Å². The molecule has 2 aromatic rings. The molecule has 0 aliphatic heterocycles. The summed E-state index contributed by atoms with van der Waals surface area (Å²) in [6.07, 6.45) is 0.590. The van der Waals surface area contributed by atoms with E-state index in [4.69, 9.17) is 23.2 Å².